The Morgan fingerprint density at radius 2 is 2.12 bits per heavy atom. The van der Waals surface area contributed by atoms with Gasteiger partial charge in [0.1, 0.15) is 12.4 Å². The molecule has 1 amide bonds. The van der Waals surface area contributed by atoms with E-state index in [-0.39, 0.29) is 5.96 Å². The number of amides is 1. The maximum absolute atomic E-state index is 11.0. The van der Waals surface area contributed by atoms with Gasteiger partial charge in [-0.25, -0.2) is 4.99 Å². The lowest BCUT2D eigenvalue weighted by molar-refractivity contribution is -0.114. The first-order chi connectivity index (χ1) is 12.3. The molecule has 0 spiro atoms. The largest absolute Gasteiger partial charge is 0.491 e. The van der Waals surface area contributed by atoms with E-state index in [2.05, 4.69) is 11.9 Å². The van der Waals surface area contributed by atoms with Crippen LogP contribution in [0.15, 0.2) is 23.2 Å². The van der Waals surface area contributed by atoms with Crippen molar-refractivity contribution in [1.29, 1.82) is 0 Å². The van der Waals surface area contributed by atoms with E-state index in [4.69, 9.17) is 22.1 Å². The molecule has 6 heteroatoms. The number of rotatable bonds is 7. The summed E-state index contributed by atoms with van der Waals surface area (Å²) in [5.41, 5.74) is 6.50. The zero-order chi connectivity index (χ0) is 19.2. The number of guanidine groups is 1. The van der Waals surface area contributed by atoms with Gasteiger partial charge >= 0.3 is 0 Å². The smallest absolute Gasteiger partial charge is 0.216 e. The summed E-state index contributed by atoms with van der Waals surface area (Å²) in [5.74, 6) is 1.62. The zero-order valence-electron chi connectivity index (χ0n) is 16.0. The van der Waals surface area contributed by atoms with E-state index < -0.39 is 5.54 Å². The normalized spacial score (nSPS) is 18.2. The fourth-order valence-corrected chi connectivity index (χ4v) is 3.79. The summed E-state index contributed by atoms with van der Waals surface area (Å²) in [6, 6.07) is 5.58. The second kappa shape index (κ2) is 9.26. The van der Waals surface area contributed by atoms with Crippen LogP contribution in [0.2, 0.25) is 5.02 Å². The van der Waals surface area contributed by atoms with Gasteiger partial charge in [-0.05, 0) is 49.9 Å². The quantitative estimate of drug-likeness (QED) is 0.439. The Morgan fingerprint density at radius 1 is 1.42 bits per heavy atom. The molecule has 0 heterocycles. The van der Waals surface area contributed by atoms with Crippen molar-refractivity contribution in [3.63, 3.8) is 0 Å². The Kier molecular flexibility index (Phi) is 7.33. The van der Waals surface area contributed by atoms with Crippen LogP contribution in [-0.4, -0.2) is 36.5 Å². The van der Waals surface area contributed by atoms with Crippen molar-refractivity contribution in [3.05, 3.63) is 28.8 Å². The SMILES string of the molecule is Cc1cc(Cl)ccc1OCC(C)(CC1CCCCC1)N=C(N)N(C)C=O. The average molecular weight is 380 g/mol. The molecule has 5 nitrogen and oxygen atoms in total. The third-order valence-corrected chi connectivity index (χ3v) is 5.27. The zero-order valence-corrected chi connectivity index (χ0v) is 16.8. The van der Waals surface area contributed by atoms with Gasteiger partial charge in [-0.1, -0.05) is 43.7 Å². The molecule has 0 bridgehead atoms. The molecule has 0 radical (unpaired) electrons. The number of carbonyl (C=O) groups is 1. The number of carbonyl (C=O) groups excluding carboxylic acids is 1. The molecule has 144 valence electrons. The number of hydrogen-bond acceptors (Lipinski definition) is 3. The van der Waals surface area contributed by atoms with E-state index in [1.165, 1.54) is 37.0 Å². The van der Waals surface area contributed by atoms with Crippen molar-refractivity contribution in [3.8, 4) is 5.75 Å². The fraction of sp³-hybridized carbons (Fsp3) is 0.600. The van der Waals surface area contributed by atoms with Crippen LogP contribution in [0.3, 0.4) is 0 Å². The lowest BCUT2D eigenvalue weighted by atomic mass is 9.80. The van der Waals surface area contributed by atoms with Gasteiger partial charge in [0.05, 0.1) is 5.54 Å². The molecule has 1 fully saturated rings. The monoisotopic (exact) mass is 379 g/mol. The van der Waals surface area contributed by atoms with Crippen LogP contribution in [-0.2, 0) is 4.79 Å². The van der Waals surface area contributed by atoms with E-state index in [0.717, 1.165) is 17.7 Å². The molecule has 26 heavy (non-hydrogen) atoms. The summed E-state index contributed by atoms with van der Waals surface area (Å²) in [5, 5.41) is 0.690. The minimum Gasteiger partial charge on any atom is -0.491 e. The first kappa shape index (κ1) is 20.6. The second-order valence-electron chi connectivity index (χ2n) is 7.59. The van der Waals surface area contributed by atoms with Crippen LogP contribution in [0.25, 0.3) is 0 Å². The molecule has 1 aliphatic rings. The lowest BCUT2D eigenvalue weighted by Gasteiger charge is -2.32. The van der Waals surface area contributed by atoms with E-state index >= 15 is 0 Å². The van der Waals surface area contributed by atoms with Gasteiger partial charge in [0.2, 0.25) is 6.41 Å². The van der Waals surface area contributed by atoms with Gasteiger partial charge in [-0.15, -0.1) is 0 Å². The van der Waals surface area contributed by atoms with Crippen molar-refractivity contribution < 1.29 is 9.53 Å². The minimum absolute atomic E-state index is 0.217. The standard InChI is InChI=1S/C20H30ClN3O2/c1-15-11-17(21)9-10-18(15)26-13-20(2,23-19(22)24(3)14-25)12-16-7-5-4-6-8-16/h9-11,14,16H,4-8,12-13H2,1-3H3,(H2,22,23). The Bertz CT molecular complexity index is 644. The molecule has 1 aromatic rings. The summed E-state index contributed by atoms with van der Waals surface area (Å²) in [4.78, 5) is 17.0. The Morgan fingerprint density at radius 3 is 2.73 bits per heavy atom. The van der Waals surface area contributed by atoms with Crippen LogP contribution < -0.4 is 10.5 Å². The fourth-order valence-electron chi connectivity index (χ4n) is 3.57. The van der Waals surface area contributed by atoms with Crippen LogP contribution in [0.1, 0.15) is 51.0 Å². The van der Waals surface area contributed by atoms with Crippen LogP contribution in [0.4, 0.5) is 0 Å². The third-order valence-electron chi connectivity index (χ3n) is 5.03. The second-order valence-corrected chi connectivity index (χ2v) is 8.03. The molecule has 0 aromatic heterocycles. The molecule has 0 saturated heterocycles. The summed E-state index contributed by atoms with van der Waals surface area (Å²) in [7, 11) is 1.61. The van der Waals surface area contributed by atoms with Gasteiger partial charge in [0, 0.05) is 12.1 Å². The molecular formula is C20H30ClN3O2. The summed E-state index contributed by atoms with van der Waals surface area (Å²) >= 11 is 6.02. The van der Waals surface area contributed by atoms with Gasteiger partial charge in [-0.3, -0.25) is 9.69 Å². The molecule has 1 saturated carbocycles. The number of nitrogens with two attached hydrogens (primary N) is 1. The van der Waals surface area contributed by atoms with Crippen LogP contribution in [0, 0.1) is 12.8 Å². The van der Waals surface area contributed by atoms with Crippen molar-refractivity contribution in [2.75, 3.05) is 13.7 Å². The summed E-state index contributed by atoms with van der Waals surface area (Å²) in [6.07, 6.45) is 7.85. The predicted molar refractivity (Wildman–Crippen MR) is 107 cm³/mol. The number of benzene rings is 1. The van der Waals surface area contributed by atoms with E-state index in [9.17, 15) is 4.79 Å². The molecule has 0 aliphatic heterocycles. The maximum Gasteiger partial charge on any atom is 0.216 e. The van der Waals surface area contributed by atoms with Gasteiger partial charge < -0.3 is 10.5 Å². The summed E-state index contributed by atoms with van der Waals surface area (Å²) < 4.78 is 6.08. The van der Waals surface area contributed by atoms with E-state index in [1.54, 1.807) is 7.05 Å². The average Bonchev–Trinajstić information content (AvgIpc) is 2.61. The van der Waals surface area contributed by atoms with Crippen molar-refractivity contribution in [2.45, 2.75) is 57.9 Å². The highest BCUT2D eigenvalue weighted by atomic mass is 35.5. The summed E-state index contributed by atoms with van der Waals surface area (Å²) in [6.45, 7) is 4.43. The Balaban J connectivity index is 2.16. The highest BCUT2D eigenvalue weighted by Gasteiger charge is 2.30. The molecule has 1 aromatic carbocycles. The third kappa shape index (κ3) is 5.90. The molecule has 2 N–H and O–H groups in total. The Labute approximate surface area is 161 Å². The molecule has 1 unspecified atom stereocenters. The molecular weight excluding hydrogens is 350 g/mol. The number of ether oxygens (including phenoxy) is 1. The number of aryl methyl sites for hydroxylation is 1. The Hall–Kier alpha value is -1.75. The van der Waals surface area contributed by atoms with Gasteiger partial charge in [0.15, 0.2) is 5.96 Å². The minimum atomic E-state index is -0.491. The number of halogens is 1. The first-order valence-corrected chi connectivity index (χ1v) is 9.63. The van der Waals surface area contributed by atoms with Crippen LogP contribution in [0.5, 0.6) is 5.75 Å². The maximum atomic E-state index is 11.0. The highest BCUT2D eigenvalue weighted by molar-refractivity contribution is 6.30. The predicted octanol–water partition coefficient (Wildman–Crippen LogP) is 4.16. The van der Waals surface area contributed by atoms with E-state index in [0.29, 0.717) is 24.0 Å². The number of hydrogen-bond donors (Lipinski definition) is 1. The van der Waals surface area contributed by atoms with Crippen molar-refractivity contribution in [2.24, 2.45) is 16.6 Å². The van der Waals surface area contributed by atoms with Crippen LogP contribution >= 0.6 is 11.6 Å². The topological polar surface area (TPSA) is 67.9 Å². The molecule has 1 atom stereocenters. The highest BCUT2D eigenvalue weighted by Crippen LogP contribution is 2.33. The lowest BCUT2D eigenvalue weighted by Crippen LogP contribution is -2.41. The number of nitrogens with zero attached hydrogens (tertiary/aromatic N) is 2. The van der Waals surface area contributed by atoms with Gasteiger partial charge in [-0.2, -0.15) is 0 Å². The molecule has 2 rings (SSSR count). The van der Waals surface area contributed by atoms with E-state index in [1.807, 2.05) is 25.1 Å². The van der Waals surface area contributed by atoms with Crippen molar-refractivity contribution >= 4 is 24.0 Å². The van der Waals surface area contributed by atoms with Gasteiger partial charge in [0.25, 0.3) is 0 Å². The first-order valence-electron chi connectivity index (χ1n) is 9.25. The molecule has 1 aliphatic carbocycles. The number of aliphatic imine (C=N–C) groups is 1. The van der Waals surface area contributed by atoms with Crippen molar-refractivity contribution in [1.82, 2.24) is 4.90 Å².